The molecule has 0 aliphatic rings. The predicted molar refractivity (Wildman–Crippen MR) is 140 cm³/mol. The minimum absolute atomic E-state index is 0.0929. The zero-order chi connectivity index (χ0) is 23.2. The molecule has 0 aliphatic carbocycles. The summed E-state index contributed by atoms with van der Waals surface area (Å²) in [6, 6.07) is 16.3. The molecule has 0 radical (unpaired) electrons. The first-order chi connectivity index (χ1) is 15.5. The summed E-state index contributed by atoms with van der Waals surface area (Å²) in [5.41, 5.74) is 2.27. The van der Waals surface area contributed by atoms with Crippen LogP contribution in [0.5, 0.6) is 5.75 Å². The molecular formula is C28H39ClO2S. The van der Waals surface area contributed by atoms with Gasteiger partial charge >= 0.3 is 5.97 Å². The number of hydrogen-bond donors (Lipinski definition) is 0. The second kappa shape index (κ2) is 15.4. The highest BCUT2D eigenvalue weighted by Crippen LogP contribution is 2.27. The number of unbranched alkanes of at least 4 members (excludes halogenated alkanes) is 7. The lowest BCUT2D eigenvalue weighted by Gasteiger charge is -2.15. The molecule has 2 nitrogen and oxygen atoms in total. The first kappa shape index (κ1) is 26.8. The molecule has 4 heteroatoms. The fraction of sp³-hybridized carbons (Fsp3) is 0.536. The molecule has 0 spiro atoms. The van der Waals surface area contributed by atoms with Crippen LogP contribution in [0, 0.1) is 5.92 Å². The van der Waals surface area contributed by atoms with Crippen molar-refractivity contribution in [1.82, 2.24) is 0 Å². The van der Waals surface area contributed by atoms with Crippen molar-refractivity contribution in [2.45, 2.75) is 88.8 Å². The Labute approximate surface area is 204 Å². The van der Waals surface area contributed by atoms with Gasteiger partial charge in [0.15, 0.2) is 0 Å². The fourth-order valence-corrected chi connectivity index (χ4v) is 4.63. The maximum absolute atomic E-state index is 12.1. The fourth-order valence-electron chi connectivity index (χ4n) is 3.50. The minimum atomic E-state index is -0.615. The van der Waals surface area contributed by atoms with Crippen molar-refractivity contribution in [2.24, 2.45) is 5.92 Å². The van der Waals surface area contributed by atoms with Gasteiger partial charge in [0.25, 0.3) is 0 Å². The molecular weight excluding hydrogens is 436 g/mol. The highest BCUT2D eigenvalue weighted by Gasteiger charge is 2.23. The van der Waals surface area contributed by atoms with E-state index in [4.69, 9.17) is 16.3 Å². The van der Waals surface area contributed by atoms with Gasteiger partial charge in [-0.25, -0.2) is 0 Å². The molecule has 2 aromatic carbocycles. The molecule has 0 saturated carbocycles. The van der Waals surface area contributed by atoms with E-state index in [1.165, 1.54) is 62.0 Å². The van der Waals surface area contributed by atoms with E-state index in [0.717, 1.165) is 17.5 Å². The van der Waals surface area contributed by atoms with Crippen LogP contribution < -0.4 is 4.74 Å². The third-order valence-corrected chi connectivity index (χ3v) is 7.60. The van der Waals surface area contributed by atoms with Gasteiger partial charge in [-0.2, -0.15) is 0 Å². The van der Waals surface area contributed by atoms with Gasteiger partial charge < -0.3 is 4.74 Å². The maximum atomic E-state index is 12.1. The molecule has 2 rings (SSSR count). The average molecular weight is 475 g/mol. The molecule has 0 fully saturated rings. The monoisotopic (exact) mass is 474 g/mol. The molecule has 0 saturated heterocycles. The molecule has 0 bridgehead atoms. The summed E-state index contributed by atoms with van der Waals surface area (Å²) in [4.78, 5) is 13.5. The lowest BCUT2D eigenvalue weighted by Crippen LogP contribution is -2.26. The van der Waals surface area contributed by atoms with Crippen LogP contribution in [0.4, 0.5) is 0 Å². The van der Waals surface area contributed by atoms with Gasteiger partial charge in [-0.3, -0.25) is 4.79 Å². The predicted octanol–water partition coefficient (Wildman–Crippen LogP) is 9.15. The van der Waals surface area contributed by atoms with Crippen molar-refractivity contribution >= 4 is 29.3 Å². The third kappa shape index (κ3) is 9.58. The molecule has 2 aromatic rings. The Kier molecular flexibility index (Phi) is 12.9. The largest absolute Gasteiger partial charge is 0.425 e. The number of halogens is 1. The van der Waals surface area contributed by atoms with Gasteiger partial charge in [0, 0.05) is 4.90 Å². The zero-order valence-electron chi connectivity index (χ0n) is 19.9. The summed E-state index contributed by atoms with van der Waals surface area (Å²) in [5.74, 6) is 1.43. The van der Waals surface area contributed by atoms with Crippen LogP contribution in [0.3, 0.4) is 0 Å². The summed E-state index contributed by atoms with van der Waals surface area (Å²) in [6.45, 7) is 6.24. The molecule has 2 atom stereocenters. The lowest BCUT2D eigenvalue weighted by atomic mass is 10.0. The van der Waals surface area contributed by atoms with Crippen molar-refractivity contribution < 1.29 is 9.53 Å². The van der Waals surface area contributed by atoms with Crippen LogP contribution in [0.2, 0.25) is 0 Å². The van der Waals surface area contributed by atoms with E-state index in [0.29, 0.717) is 5.75 Å². The summed E-state index contributed by atoms with van der Waals surface area (Å²) in [7, 11) is 0. The number of ether oxygens (including phenoxy) is 1. The molecule has 0 N–H and O–H groups in total. The van der Waals surface area contributed by atoms with E-state index < -0.39 is 5.38 Å². The van der Waals surface area contributed by atoms with Crippen molar-refractivity contribution in [3.05, 3.63) is 48.5 Å². The van der Waals surface area contributed by atoms with Gasteiger partial charge in [-0.1, -0.05) is 96.4 Å². The summed E-state index contributed by atoms with van der Waals surface area (Å²) >= 11 is 8.12. The zero-order valence-corrected chi connectivity index (χ0v) is 21.5. The van der Waals surface area contributed by atoms with Gasteiger partial charge in [0.1, 0.15) is 11.1 Å². The van der Waals surface area contributed by atoms with Crippen LogP contribution in [0.15, 0.2) is 53.4 Å². The number of benzene rings is 2. The van der Waals surface area contributed by atoms with E-state index in [-0.39, 0.29) is 11.9 Å². The quantitative estimate of drug-likeness (QED) is 0.0845. The van der Waals surface area contributed by atoms with E-state index in [9.17, 15) is 4.79 Å². The molecule has 176 valence electrons. The second-order valence-corrected chi connectivity index (χ2v) is 10.2. The van der Waals surface area contributed by atoms with E-state index >= 15 is 0 Å². The Hall–Kier alpha value is -1.45. The number of alkyl halides is 1. The Balaban J connectivity index is 1.74. The summed E-state index contributed by atoms with van der Waals surface area (Å²) in [6.07, 6.45) is 11.8. The van der Waals surface area contributed by atoms with Crippen LogP contribution in [0.25, 0.3) is 11.1 Å². The number of esters is 1. The SMILES string of the molecule is CCCCCCCCCCSc1ccc(-c2ccc(OC(=O)[C@@H](Cl)C(C)CC)cc2)cc1. The Bertz CT molecular complexity index is 773. The lowest BCUT2D eigenvalue weighted by molar-refractivity contribution is -0.134. The standard InChI is InChI=1S/C28H39ClO2S/c1-4-6-7-8-9-10-11-12-21-32-26-19-15-24(16-20-26)23-13-17-25(18-14-23)31-28(30)27(29)22(3)5-2/h13-20,22,27H,4-12,21H2,1-3H3/t22?,27-/m0/s1. The summed E-state index contributed by atoms with van der Waals surface area (Å²) in [5, 5.41) is -0.615. The van der Waals surface area contributed by atoms with Gasteiger partial charge in [-0.05, 0) is 53.5 Å². The second-order valence-electron chi connectivity index (χ2n) is 8.58. The molecule has 32 heavy (non-hydrogen) atoms. The highest BCUT2D eigenvalue weighted by atomic mass is 35.5. The van der Waals surface area contributed by atoms with Crippen LogP contribution >= 0.6 is 23.4 Å². The van der Waals surface area contributed by atoms with Gasteiger partial charge in [0.2, 0.25) is 0 Å². The van der Waals surface area contributed by atoms with E-state index in [1.54, 1.807) is 0 Å². The highest BCUT2D eigenvalue weighted by molar-refractivity contribution is 7.99. The van der Waals surface area contributed by atoms with Gasteiger partial charge in [0.05, 0.1) is 0 Å². The smallest absolute Gasteiger partial charge is 0.329 e. The molecule has 0 heterocycles. The maximum Gasteiger partial charge on any atom is 0.329 e. The Morgan fingerprint density at radius 2 is 1.38 bits per heavy atom. The van der Waals surface area contributed by atoms with Crippen LogP contribution in [-0.4, -0.2) is 17.1 Å². The summed E-state index contributed by atoms with van der Waals surface area (Å²) < 4.78 is 5.43. The topological polar surface area (TPSA) is 26.3 Å². The number of thioether (sulfide) groups is 1. The van der Waals surface area contributed by atoms with Crippen molar-refractivity contribution in [3.8, 4) is 16.9 Å². The van der Waals surface area contributed by atoms with Crippen LogP contribution in [-0.2, 0) is 4.79 Å². The Morgan fingerprint density at radius 1 is 0.844 bits per heavy atom. The number of carbonyl (C=O) groups excluding carboxylic acids is 1. The van der Waals surface area contributed by atoms with E-state index in [1.807, 2.05) is 49.9 Å². The van der Waals surface area contributed by atoms with E-state index in [2.05, 4.69) is 31.2 Å². The van der Waals surface area contributed by atoms with Gasteiger partial charge in [-0.15, -0.1) is 23.4 Å². The number of hydrogen-bond acceptors (Lipinski definition) is 3. The first-order valence-corrected chi connectivity index (χ1v) is 13.7. The van der Waals surface area contributed by atoms with Crippen molar-refractivity contribution in [3.63, 3.8) is 0 Å². The molecule has 0 aliphatic heterocycles. The Morgan fingerprint density at radius 3 is 1.94 bits per heavy atom. The third-order valence-electron chi connectivity index (χ3n) is 5.90. The normalized spacial score (nSPS) is 13.0. The molecule has 0 amide bonds. The molecule has 0 aromatic heterocycles. The first-order valence-electron chi connectivity index (χ1n) is 12.2. The number of carbonyl (C=O) groups is 1. The molecule has 1 unspecified atom stereocenters. The number of rotatable bonds is 15. The average Bonchev–Trinajstić information content (AvgIpc) is 2.83. The van der Waals surface area contributed by atoms with Crippen molar-refractivity contribution in [1.29, 1.82) is 0 Å². The van der Waals surface area contributed by atoms with Crippen LogP contribution in [0.1, 0.15) is 78.6 Å². The minimum Gasteiger partial charge on any atom is -0.425 e. The van der Waals surface area contributed by atoms with Crippen molar-refractivity contribution in [2.75, 3.05) is 5.75 Å².